The van der Waals surface area contributed by atoms with Gasteiger partial charge in [-0.2, -0.15) is 18.4 Å². The summed E-state index contributed by atoms with van der Waals surface area (Å²) in [5.41, 5.74) is 0.404. The van der Waals surface area contributed by atoms with Crippen molar-refractivity contribution in [3.63, 3.8) is 0 Å². The van der Waals surface area contributed by atoms with E-state index in [1.165, 1.54) is 12.1 Å². The monoisotopic (exact) mass is 305 g/mol. The molecule has 22 heavy (non-hydrogen) atoms. The van der Waals surface area contributed by atoms with E-state index in [2.05, 4.69) is 0 Å². The molecule has 0 radical (unpaired) electrons. The van der Waals surface area contributed by atoms with Gasteiger partial charge in [-0.15, -0.1) is 0 Å². The molecule has 0 saturated heterocycles. The maximum absolute atomic E-state index is 13.1. The molecule has 5 heteroatoms. The molecule has 2 nitrogen and oxygen atoms in total. The first kappa shape index (κ1) is 15.9. The Morgan fingerprint density at radius 2 is 1.73 bits per heavy atom. The number of nitrogens with zero attached hydrogens (tertiary/aromatic N) is 1. The smallest absolute Gasteiger partial charge is 0.416 e. The first-order chi connectivity index (χ1) is 10.4. The minimum atomic E-state index is -4.46. The van der Waals surface area contributed by atoms with Crippen LogP contribution in [0.4, 0.5) is 13.2 Å². The molecule has 0 aliphatic rings. The highest BCUT2D eigenvalue weighted by Crippen LogP contribution is 2.33. The molecule has 0 fully saturated rings. The van der Waals surface area contributed by atoms with Gasteiger partial charge in [0, 0.05) is 0 Å². The third-order valence-corrected chi connectivity index (χ3v) is 3.39. The van der Waals surface area contributed by atoms with Crippen LogP contribution in [0.15, 0.2) is 42.5 Å². The molecule has 0 aliphatic heterocycles. The number of ether oxygens (including phenoxy) is 1. The summed E-state index contributed by atoms with van der Waals surface area (Å²) < 4.78 is 44.2. The van der Waals surface area contributed by atoms with E-state index in [9.17, 15) is 13.2 Å². The number of halogens is 3. The van der Waals surface area contributed by atoms with Crippen LogP contribution in [-0.2, 0) is 19.0 Å². The standard InChI is InChI=1S/C17H14F3NO/c1-22-15-8-4-12(5-9-15)2-6-14-7-3-13(11-21)10-16(14)17(18,19)20/h3-5,7-10H,2,6H2,1H3. The molecule has 0 saturated carbocycles. The van der Waals surface area contributed by atoms with Crippen LogP contribution in [0, 0.1) is 11.3 Å². The lowest BCUT2D eigenvalue weighted by atomic mass is 9.97. The second-order valence-corrected chi connectivity index (χ2v) is 4.83. The van der Waals surface area contributed by atoms with Gasteiger partial charge in [-0.3, -0.25) is 0 Å². The Balaban J connectivity index is 2.20. The number of aryl methyl sites for hydroxylation is 2. The van der Waals surface area contributed by atoms with Crippen LogP contribution < -0.4 is 4.74 Å². The molecule has 0 unspecified atom stereocenters. The van der Waals surface area contributed by atoms with Crippen molar-refractivity contribution in [1.82, 2.24) is 0 Å². The Labute approximate surface area is 126 Å². The maximum atomic E-state index is 13.1. The summed E-state index contributed by atoms with van der Waals surface area (Å²) in [6.07, 6.45) is -3.71. The molecular weight excluding hydrogens is 291 g/mol. The average molecular weight is 305 g/mol. The van der Waals surface area contributed by atoms with Crippen molar-refractivity contribution in [2.24, 2.45) is 0 Å². The van der Waals surface area contributed by atoms with Gasteiger partial charge < -0.3 is 4.74 Å². The van der Waals surface area contributed by atoms with E-state index in [4.69, 9.17) is 10.00 Å². The minimum Gasteiger partial charge on any atom is -0.497 e. The maximum Gasteiger partial charge on any atom is 0.416 e. The molecule has 0 aliphatic carbocycles. The molecule has 0 amide bonds. The van der Waals surface area contributed by atoms with Gasteiger partial charge in [-0.05, 0) is 48.2 Å². The van der Waals surface area contributed by atoms with Gasteiger partial charge in [-0.25, -0.2) is 0 Å². The Morgan fingerprint density at radius 3 is 2.27 bits per heavy atom. The van der Waals surface area contributed by atoms with Crippen LogP contribution >= 0.6 is 0 Å². The fourth-order valence-corrected chi connectivity index (χ4v) is 2.20. The molecule has 2 rings (SSSR count). The molecule has 0 spiro atoms. The van der Waals surface area contributed by atoms with E-state index in [1.54, 1.807) is 25.3 Å². The van der Waals surface area contributed by atoms with Crippen molar-refractivity contribution in [3.8, 4) is 11.8 Å². The van der Waals surface area contributed by atoms with Crippen molar-refractivity contribution in [2.45, 2.75) is 19.0 Å². The largest absolute Gasteiger partial charge is 0.497 e. The summed E-state index contributed by atoms with van der Waals surface area (Å²) in [7, 11) is 1.56. The van der Waals surface area contributed by atoms with Gasteiger partial charge in [-0.1, -0.05) is 18.2 Å². The van der Waals surface area contributed by atoms with Crippen molar-refractivity contribution in [1.29, 1.82) is 5.26 Å². The van der Waals surface area contributed by atoms with E-state index in [-0.39, 0.29) is 17.5 Å². The van der Waals surface area contributed by atoms with Gasteiger partial charge in [0.25, 0.3) is 0 Å². The molecule has 0 heterocycles. The lowest BCUT2D eigenvalue weighted by Gasteiger charge is -2.13. The highest BCUT2D eigenvalue weighted by molar-refractivity contribution is 5.40. The molecule has 114 valence electrons. The normalized spacial score (nSPS) is 11.0. The van der Waals surface area contributed by atoms with E-state index in [0.717, 1.165) is 11.6 Å². The quantitative estimate of drug-likeness (QED) is 0.840. The van der Waals surface area contributed by atoms with Crippen molar-refractivity contribution in [2.75, 3.05) is 7.11 Å². The van der Waals surface area contributed by atoms with Gasteiger partial charge >= 0.3 is 6.18 Å². The van der Waals surface area contributed by atoms with Crippen molar-refractivity contribution < 1.29 is 17.9 Å². The third-order valence-electron chi connectivity index (χ3n) is 3.39. The number of nitriles is 1. The number of benzene rings is 2. The fourth-order valence-electron chi connectivity index (χ4n) is 2.20. The first-order valence-corrected chi connectivity index (χ1v) is 6.67. The van der Waals surface area contributed by atoms with Crippen LogP contribution in [0.2, 0.25) is 0 Å². The van der Waals surface area contributed by atoms with Gasteiger partial charge in [0.1, 0.15) is 5.75 Å². The molecule has 0 aromatic heterocycles. The van der Waals surface area contributed by atoms with Gasteiger partial charge in [0.2, 0.25) is 0 Å². The lowest BCUT2D eigenvalue weighted by molar-refractivity contribution is -0.138. The summed E-state index contributed by atoms with van der Waals surface area (Å²) in [5, 5.41) is 8.75. The van der Waals surface area contributed by atoms with Crippen LogP contribution in [0.3, 0.4) is 0 Å². The number of methoxy groups -OCH3 is 1. The molecule has 0 bridgehead atoms. The van der Waals surface area contributed by atoms with Crippen molar-refractivity contribution in [3.05, 3.63) is 64.7 Å². The fraction of sp³-hybridized carbons (Fsp3) is 0.235. The van der Waals surface area contributed by atoms with Crippen LogP contribution in [0.25, 0.3) is 0 Å². The van der Waals surface area contributed by atoms with Crippen LogP contribution in [0.5, 0.6) is 5.75 Å². The first-order valence-electron chi connectivity index (χ1n) is 6.67. The minimum absolute atomic E-state index is 0.0144. The van der Waals surface area contributed by atoms with E-state index in [1.807, 2.05) is 12.1 Å². The topological polar surface area (TPSA) is 33.0 Å². The number of rotatable bonds is 4. The zero-order chi connectivity index (χ0) is 16.2. The summed E-state index contributed by atoms with van der Waals surface area (Å²) in [5.74, 6) is 0.707. The van der Waals surface area contributed by atoms with Crippen molar-refractivity contribution >= 4 is 0 Å². The van der Waals surface area contributed by atoms with E-state index >= 15 is 0 Å². The average Bonchev–Trinajstić information content (AvgIpc) is 2.52. The molecule has 0 atom stereocenters. The number of hydrogen-bond donors (Lipinski definition) is 0. The molecular formula is C17H14F3NO. The summed E-state index contributed by atoms with van der Waals surface area (Å²) in [6.45, 7) is 0. The van der Waals surface area contributed by atoms with Crippen LogP contribution in [-0.4, -0.2) is 7.11 Å². The Morgan fingerprint density at radius 1 is 1.05 bits per heavy atom. The van der Waals surface area contributed by atoms with E-state index in [0.29, 0.717) is 12.2 Å². The third kappa shape index (κ3) is 3.79. The highest BCUT2D eigenvalue weighted by Gasteiger charge is 2.33. The van der Waals surface area contributed by atoms with E-state index < -0.39 is 11.7 Å². The molecule has 2 aromatic carbocycles. The number of alkyl halides is 3. The summed E-state index contributed by atoms with van der Waals surface area (Å²) in [4.78, 5) is 0. The predicted octanol–water partition coefficient (Wildman–Crippen LogP) is 4.37. The second-order valence-electron chi connectivity index (χ2n) is 4.83. The Hall–Kier alpha value is -2.48. The Bertz CT molecular complexity index is 685. The van der Waals surface area contributed by atoms with Crippen LogP contribution in [0.1, 0.15) is 22.3 Å². The predicted molar refractivity (Wildman–Crippen MR) is 76.6 cm³/mol. The zero-order valence-corrected chi connectivity index (χ0v) is 11.9. The van der Waals surface area contributed by atoms with Gasteiger partial charge in [0.15, 0.2) is 0 Å². The number of hydrogen-bond acceptors (Lipinski definition) is 2. The molecule has 2 aromatic rings. The van der Waals surface area contributed by atoms with Gasteiger partial charge in [0.05, 0.1) is 24.3 Å². The molecule has 0 N–H and O–H groups in total. The highest BCUT2D eigenvalue weighted by atomic mass is 19.4. The summed E-state index contributed by atoms with van der Waals surface area (Å²) >= 11 is 0. The summed E-state index contributed by atoms with van der Waals surface area (Å²) in [6, 6.07) is 12.7. The SMILES string of the molecule is COc1ccc(CCc2ccc(C#N)cc2C(F)(F)F)cc1. The Kier molecular flexibility index (Phi) is 4.71. The zero-order valence-electron chi connectivity index (χ0n) is 11.9. The lowest BCUT2D eigenvalue weighted by Crippen LogP contribution is -2.10. The second kappa shape index (κ2) is 6.52.